The molecule has 1 amide bonds. The molecule has 5 rings (SSSR count). The molecule has 0 saturated heterocycles. The van der Waals surface area contributed by atoms with E-state index in [-0.39, 0.29) is 34.7 Å². The van der Waals surface area contributed by atoms with E-state index >= 15 is 0 Å². The number of hydrogen-bond donors (Lipinski definition) is 0. The largest absolute Gasteiger partial charge is 0.490 e. The van der Waals surface area contributed by atoms with Gasteiger partial charge in [0, 0.05) is 48.4 Å². The van der Waals surface area contributed by atoms with Gasteiger partial charge in [0.15, 0.2) is 0 Å². The van der Waals surface area contributed by atoms with Gasteiger partial charge in [-0.15, -0.1) is 0 Å². The van der Waals surface area contributed by atoms with Crippen LogP contribution in [-0.4, -0.2) is 66.5 Å². The van der Waals surface area contributed by atoms with Crippen LogP contribution in [0.15, 0.2) is 52.9 Å². The van der Waals surface area contributed by atoms with Gasteiger partial charge >= 0.3 is 6.18 Å². The van der Waals surface area contributed by atoms with Gasteiger partial charge in [-0.3, -0.25) is 9.59 Å². The molecular weight excluding hydrogens is 665 g/mol. The summed E-state index contributed by atoms with van der Waals surface area (Å²) in [5.74, 6) is -1.54. The van der Waals surface area contributed by atoms with Gasteiger partial charge < -0.3 is 14.4 Å². The Morgan fingerprint density at radius 1 is 1.19 bits per heavy atom. The first-order valence-corrected chi connectivity index (χ1v) is 18.8. The van der Waals surface area contributed by atoms with Gasteiger partial charge in [0.2, 0.25) is 0 Å². The molecule has 2 aromatic rings. The number of rotatable bonds is 5. The monoisotopic (exact) mass is 708 g/mol. The Kier molecular flexibility index (Phi) is 11.3. The number of benzene rings is 2. The number of methoxy groups -OCH3 is 1. The van der Waals surface area contributed by atoms with Crippen LogP contribution in [0.2, 0.25) is 5.02 Å². The van der Waals surface area contributed by atoms with E-state index in [0.717, 1.165) is 19.3 Å². The summed E-state index contributed by atoms with van der Waals surface area (Å²) in [6.45, 7) is 6.03. The van der Waals surface area contributed by atoms with Gasteiger partial charge in [-0.2, -0.15) is 17.5 Å². The molecule has 2 aromatic carbocycles. The number of nitrogens with zero attached hydrogens (tertiary/aromatic N) is 2. The van der Waals surface area contributed by atoms with Crippen LogP contribution < -0.4 is 9.64 Å². The number of anilines is 1. The molecule has 1 spiro atoms. The highest BCUT2D eigenvalue weighted by atomic mass is 35.5. The Morgan fingerprint density at radius 3 is 2.73 bits per heavy atom. The van der Waals surface area contributed by atoms with Crippen molar-refractivity contribution < 1.29 is 36.4 Å². The number of allylic oxidation sites excluding steroid dienone is 1. The summed E-state index contributed by atoms with van der Waals surface area (Å²) in [5, 5.41) is 0.695. The van der Waals surface area contributed by atoms with E-state index in [4.69, 9.17) is 21.1 Å². The lowest BCUT2D eigenvalue weighted by molar-refractivity contribution is -0.142. The first-order chi connectivity index (χ1) is 22.7. The molecule has 0 fully saturated rings. The summed E-state index contributed by atoms with van der Waals surface area (Å²) < 4.78 is 68.9. The molecule has 1 aliphatic carbocycles. The molecular formula is C36H44ClF3N2O5S. The average Bonchev–Trinajstić information content (AvgIpc) is 3.17. The van der Waals surface area contributed by atoms with Crippen LogP contribution in [0, 0.1) is 11.8 Å². The van der Waals surface area contributed by atoms with Crippen molar-refractivity contribution in [2.24, 2.45) is 16.2 Å². The summed E-state index contributed by atoms with van der Waals surface area (Å²) in [6.07, 6.45) is 0.685. The quantitative estimate of drug-likeness (QED) is 0.293. The minimum absolute atomic E-state index is 0.101. The van der Waals surface area contributed by atoms with E-state index in [0.29, 0.717) is 49.0 Å². The molecule has 48 heavy (non-hydrogen) atoms. The smallest absolute Gasteiger partial charge is 0.389 e. The minimum atomic E-state index is -4.52. The summed E-state index contributed by atoms with van der Waals surface area (Å²) in [6, 6.07) is 11.1. The maximum Gasteiger partial charge on any atom is 0.389 e. The number of hydrogen-bond acceptors (Lipinski definition) is 6. The molecule has 0 saturated carbocycles. The van der Waals surface area contributed by atoms with Crippen molar-refractivity contribution >= 4 is 38.7 Å². The molecule has 2 heterocycles. The molecule has 262 valence electrons. The molecule has 2 bridgehead atoms. The number of alkyl halides is 3. The third kappa shape index (κ3) is 8.63. The minimum Gasteiger partial charge on any atom is -0.490 e. The third-order valence-corrected chi connectivity index (χ3v) is 12.4. The van der Waals surface area contributed by atoms with Gasteiger partial charge in [0.1, 0.15) is 11.5 Å². The zero-order chi connectivity index (χ0) is 34.7. The van der Waals surface area contributed by atoms with E-state index in [1.165, 1.54) is 11.1 Å². The molecule has 12 heteroatoms. The topological polar surface area (TPSA) is 85.3 Å². The van der Waals surface area contributed by atoms with Crippen LogP contribution in [0.1, 0.15) is 73.9 Å². The van der Waals surface area contributed by atoms with Gasteiger partial charge in [0.25, 0.3) is 5.91 Å². The van der Waals surface area contributed by atoms with Gasteiger partial charge in [-0.05, 0) is 85.4 Å². The van der Waals surface area contributed by atoms with Crippen molar-refractivity contribution in [1.29, 1.82) is 0 Å². The van der Waals surface area contributed by atoms with Crippen molar-refractivity contribution in [3.63, 3.8) is 0 Å². The normalized spacial score (nSPS) is 28.9. The van der Waals surface area contributed by atoms with Gasteiger partial charge in [0.05, 0.1) is 40.3 Å². The number of amides is 1. The van der Waals surface area contributed by atoms with Crippen LogP contribution in [0.25, 0.3) is 0 Å². The fraction of sp³-hybridized carbons (Fsp3) is 0.556. The molecule has 7 nitrogen and oxygen atoms in total. The fourth-order valence-corrected chi connectivity index (χ4v) is 9.34. The Labute approximate surface area is 286 Å². The first-order valence-electron chi connectivity index (χ1n) is 16.6. The number of halogens is 4. The highest BCUT2D eigenvalue weighted by Crippen LogP contribution is 2.45. The van der Waals surface area contributed by atoms with E-state index in [2.05, 4.69) is 29.2 Å². The number of carbonyl (C=O) groups is 2. The van der Waals surface area contributed by atoms with Crippen molar-refractivity contribution in [2.75, 3.05) is 43.2 Å². The molecule has 5 atom stereocenters. The molecule has 2 aliphatic heterocycles. The van der Waals surface area contributed by atoms with Crippen molar-refractivity contribution in [3.05, 3.63) is 70.3 Å². The van der Waals surface area contributed by atoms with Crippen LogP contribution >= 0.6 is 11.6 Å². The van der Waals surface area contributed by atoms with E-state index in [9.17, 15) is 27.0 Å². The van der Waals surface area contributed by atoms with E-state index in [1.807, 2.05) is 24.3 Å². The van der Waals surface area contributed by atoms with Gasteiger partial charge in [-0.25, -0.2) is 4.21 Å². The maximum atomic E-state index is 14.0. The second kappa shape index (κ2) is 14.9. The number of fused-ring (bicyclic) bond motifs is 3. The van der Waals surface area contributed by atoms with Crippen LogP contribution in [0.5, 0.6) is 5.75 Å². The molecule has 0 unspecified atom stereocenters. The van der Waals surface area contributed by atoms with Crippen LogP contribution in [0.3, 0.4) is 0 Å². The number of Topliss-reactive ketones (excluding diaryl/α,β-unsaturated/α-hetero) is 1. The SMILES string of the molecule is CO[C@H]1/C=C/CCC[S@@](=O)(CC(=O)CCC(F)(F)F)=NC(=O)c2ccc3c(c2)N(C[C@H](C)[C@H]1C)C[C@@]1(CCCc2cc(Cl)ccc21)CO3. The summed E-state index contributed by atoms with van der Waals surface area (Å²) >= 11 is 6.40. The lowest BCUT2D eigenvalue weighted by Gasteiger charge is -2.42. The second-order valence-electron chi connectivity index (χ2n) is 13.6. The number of ketones is 1. The Bertz CT molecular complexity index is 1670. The third-order valence-electron chi connectivity index (χ3n) is 9.96. The van der Waals surface area contributed by atoms with Gasteiger partial charge in [-0.1, -0.05) is 43.7 Å². The van der Waals surface area contributed by atoms with Crippen LogP contribution in [0.4, 0.5) is 18.9 Å². The lowest BCUT2D eigenvalue weighted by atomic mass is 9.70. The highest BCUT2D eigenvalue weighted by Gasteiger charge is 2.42. The number of ether oxygens (including phenoxy) is 2. The summed E-state index contributed by atoms with van der Waals surface area (Å²) in [5.41, 5.74) is 2.96. The first kappa shape index (κ1) is 36.4. The maximum absolute atomic E-state index is 14.0. The average molecular weight is 709 g/mol. The number of aryl methyl sites for hydroxylation is 1. The predicted molar refractivity (Wildman–Crippen MR) is 183 cm³/mol. The summed E-state index contributed by atoms with van der Waals surface area (Å²) in [4.78, 5) is 28.5. The van der Waals surface area contributed by atoms with Crippen molar-refractivity contribution in [2.45, 2.75) is 76.5 Å². The lowest BCUT2D eigenvalue weighted by Crippen LogP contribution is -2.47. The predicted octanol–water partition coefficient (Wildman–Crippen LogP) is 7.97. The molecule has 0 radical (unpaired) electrons. The molecule has 0 aromatic heterocycles. The summed E-state index contributed by atoms with van der Waals surface area (Å²) in [7, 11) is -1.82. The standard InChI is InChI=1S/C36H44ClF3N2O5S/c1-24-20-42-22-35(15-7-8-26-18-28(37)11-12-30(26)35)23-47-33-13-10-27(19-31(33)42)34(44)41-48(45,21-29(43)14-16-36(38,39)40)17-6-4-5-9-32(46-3)25(24)2/h5,9-13,18-19,24-25,32H,4,6-8,14-17,20-23H2,1-3H3/b9-5+/t24-,25+,32-,35-,48+/m0/s1. The Hall–Kier alpha value is -2.89. The van der Waals surface area contributed by atoms with Crippen LogP contribution in [-0.2, 0) is 31.1 Å². The molecule has 3 aliphatic rings. The zero-order valence-electron chi connectivity index (χ0n) is 27.7. The highest BCUT2D eigenvalue weighted by molar-refractivity contribution is 7.94. The Balaban J connectivity index is 1.57. The second-order valence-corrected chi connectivity index (χ2v) is 16.4. The van der Waals surface area contributed by atoms with E-state index in [1.54, 1.807) is 25.3 Å². The Morgan fingerprint density at radius 2 is 1.98 bits per heavy atom. The van der Waals surface area contributed by atoms with Crippen molar-refractivity contribution in [3.8, 4) is 5.75 Å². The number of carbonyl (C=O) groups excluding carboxylic acids is 2. The fourth-order valence-electron chi connectivity index (χ4n) is 7.17. The van der Waals surface area contributed by atoms with Crippen molar-refractivity contribution in [1.82, 2.24) is 0 Å². The zero-order valence-corrected chi connectivity index (χ0v) is 29.3. The van der Waals surface area contributed by atoms with E-state index < -0.39 is 46.2 Å². The molecule has 0 N–H and O–H groups in total.